The maximum atomic E-state index is 12.9. The monoisotopic (exact) mass is 393 g/mol. The summed E-state index contributed by atoms with van der Waals surface area (Å²) < 4.78 is 32.5. The fourth-order valence-electron chi connectivity index (χ4n) is 3.02. The van der Waals surface area contributed by atoms with E-state index in [1.165, 1.54) is 9.21 Å². The van der Waals surface area contributed by atoms with Crippen molar-refractivity contribution in [3.8, 4) is 6.07 Å². The first-order chi connectivity index (χ1) is 12.5. The number of hydrogen-bond acceptors (Lipinski definition) is 5. The highest BCUT2D eigenvalue weighted by molar-refractivity contribution is 7.88. The van der Waals surface area contributed by atoms with Gasteiger partial charge in [0.15, 0.2) is 0 Å². The summed E-state index contributed by atoms with van der Waals surface area (Å²) in [6.45, 7) is 6.03. The summed E-state index contributed by atoms with van der Waals surface area (Å²) in [5.41, 5.74) is 0.246. The van der Waals surface area contributed by atoms with Crippen LogP contribution in [0, 0.1) is 11.3 Å². The number of amides is 1. The van der Waals surface area contributed by atoms with Crippen LogP contribution >= 0.6 is 0 Å². The van der Waals surface area contributed by atoms with E-state index in [-0.39, 0.29) is 18.3 Å². The Morgan fingerprint density at radius 1 is 1.37 bits per heavy atom. The van der Waals surface area contributed by atoms with Crippen molar-refractivity contribution in [2.24, 2.45) is 0 Å². The van der Waals surface area contributed by atoms with Gasteiger partial charge in [0.2, 0.25) is 10.0 Å². The lowest BCUT2D eigenvalue weighted by Crippen LogP contribution is -2.51. The fraction of sp³-hybridized carbons (Fsp3) is 0.579. The number of benzene rings is 1. The molecule has 0 aliphatic carbocycles. The first-order valence-corrected chi connectivity index (χ1v) is 10.6. The van der Waals surface area contributed by atoms with Gasteiger partial charge in [0.1, 0.15) is 5.60 Å². The Balaban J connectivity index is 2.10. The Bertz CT molecular complexity index is 824. The van der Waals surface area contributed by atoms with Gasteiger partial charge in [-0.05, 0) is 45.2 Å². The van der Waals surface area contributed by atoms with Crippen molar-refractivity contribution >= 4 is 16.1 Å². The Morgan fingerprint density at radius 2 is 2.04 bits per heavy atom. The second kappa shape index (κ2) is 8.28. The quantitative estimate of drug-likeness (QED) is 0.784. The molecule has 1 atom stereocenters. The van der Waals surface area contributed by atoms with E-state index in [4.69, 9.17) is 4.74 Å². The largest absolute Gasteiger partial charge is 0.444 e. The number of hydrogen-bond donors (Lipinski definition) is 0. The summed E-state index contributed by atoms with van der Waals surface area (Å²) in [6.07, 6.45) is 0.926. The van der Waals surface area contributed by atoms with Crippen molar-refractivity contribution < 1.29 is 17.9 Å². The van der Waals surface area contributed by atoms with Crippen LogP contribution in [0.15, 0.2) is 24.3 Å². The lowest BCUT2D eigenvalue weighted by atomic mass is 10.1. The van der Waals surface area contributed by atoms with E-state index in [1.54, 1.807) is 52.1 Å². The number of nitrogens with zero attached hydrogens (tertiary/aromatic N) is 3. The smallest absolute Gasteiger partial charge is 0.410 e. The molecule has 1 aliphatic heterocycles. The van der Waals surface area contributed by atoms with Crippen LogP contribution in [-0.2, 0) is 20.5 Å². The van der Waals surface area contributed by atoms with Crippen molar-refractivity contribution in [2.75, 3.05) is 20.1 Å². The molecule has 0 spiro atoms. The van der Waals surface area contributed by atoms with Gasteiger partial charge in [0, 0.05) is 26.2 Å². The zero-order chi connectivity index (χ0) is 20.2. The van der Waals surface area contributed by atoms with Crippen LogP contribution < -0.4 is 0 Å². The third-order valence-electron chi connectivity index (χ3n) is 4.46. The standard InChI is InChI=1S/C19H27N3O4S/c1-19(2,3)26-18(23)21(4)17-10-7-11-22(13-17)27(24,25)14-16-9-6-5-8-15(16)12-20/h5-6,8-9,17H,7,10-11,13-14H2,1-4H3. The molecule has 1 amide bonds. The van der Waals surface area contributed by atoms with Crippen LogP contribution in [0.1, 0.15) is 44.7 Å². The minimum absolute atomic E-state index is 0.223. The Kier molecular flexibility index (Phi) is 6.50. The number of carbonyl (C=O) groups excluding carboxylic acids is 1. The van der Waals surface area contributed by atoms with Gasteiger partial charge in [-0.1, -0.05) is 18.2 Å². The number of piperidine rings is 1. The second-order valence-electron chi connectivity index (χ2n) is 7.77. The number of sulfonamides is 1. The number of ether oxygens (including phenoxy) is 1. The number of likely N-dealkylation sites (N-methyl/N-ethyl adjacent to an activating group) is 1. The molecule has 1 saturated heterocycles. The van der Waals surface area contributed by atoms with Gasteiger partial charge in [0.05, 0.1) is 17.4 Å². The van der Waals surface area contributed by atoms with Crippen molar-refractivity contribution in [3.05, 3.63) is 35.4 Å². The highest BCUT2D eigenvalue weighted by Gasteiger charge is 2.34. The molecule has 1 unspecified atom stereocenters. The minimum Gasteiger partial charge on any atom is -0.444 e. The van der Waals surface area contributed by atoms with E-state index in [0.717, 1.165) is 6.42 Å². The SMILES string of the molecule is CN(C(=O)OC(C)(C)C)C1CCCN(S(=O)(=O)Cc2ccccc2C#N)C1. The molecule has 1 fully saturated rings. The molecule has 0 aromatic heterocycles. The summed E-state index contributed by atoms with van der Waals surface area (Å²) in [4.78, 5) is 13.8. The summed E-state index contributed by atoms with van der Waals surface area (Å²) in [5, 5.41) is 9.18. The third kappa shape index (κ3) is 5.68. The van der Waals surface area contributed by atoms with E-state index in [1.807, 2.05) is 6.07 Å². The molecule has 7 nitrogen and oxygen atoms in total. The number of rotatable bonds is 4. The highest BCUT2D eigenvalue weighted by Crippen LogP contribution is 2.22. The predicted octanol–water partition coefficient (Wildman–Crippen LogP) is 2.72. The first-order valence-electron chi connectivity index (χ1n) is 8.95. The van der Waals surface area contributed by atoms with Gasteiger partial charge in [-0.3, -0.25) is 0 Å². The van der Waals surface area contributed by atoms with Crippen LogP contribution in [0.25, 0.3) is 0 Å². The van der Waals surface area contributed by atoms with Crippen molar-refractivity contribution in [1.29, 1.82) is 5.26 Å². The van der Waals surface area contributed by atoms with Gasteiger partial charge in [0.25, 0.3) is 0 Å². The molecular weight excluding hydrogens is 366 g/mol. The third-order valence-corrected chi connectivity index (χ3v) is 6.25. The van der Waals surface area contributed by atoms with Crippen molar-refractivity contribution in [3.63, 3.8) is 0 Å². The van der Waals surface area contributed by atoms with Crippen LogP contribution in [0.3, 0.4) is 0 Å². The Morgan fingerprint density at radius 3 is 2.67 bits per heavy atom. The molecule has 27 heavy (non-hydrogen) atoms. The molecule has 0 radical (unpaired) electrons. The molecule has 1 aromatic carbocycles. The first kappa shape index (κ1) is 21.2. The molecular formula is C19H27N3O4S. The molecule has 148 valence electrons. The van der Waals surface area contributed by atoms with Gasteiger partial charge >= 0.3 is 6.09 Å². The van der Waals surface area contributed by atoms with Crippen LogP contribution in [0.4, 0.5) is 4.79 Å². The van der Waals surface area contributed by atoms with Gasteiger partial charge in [-0.25, -0.2) is 13.2 Å². The molecule has 0 saturated carbocycles. The van der Waals surface area contributed by atoms with E-state index in [9.17, 15) is 18.5 Å². The summed E-state index contributed by atoms with van der Waals surface area (Å²) in [5.74, 6) is -0.223. The van der Waals surface area contributed by atoms with Gasteiger partial charge in [-0.2, -0.15) is 9.57 Å². The molecule has 1 heterocycles. The van der Waals surface area contributed by atoms with E-state index in [0.29, 0.717) is 24.1 Å². The van der Waals surface area contributed by atoms with Crippen LogP contribution in [0.2, 0.25) is 0 Å². The van der Waals surface area contributed by atoms with Crippen LogP contribution in [-0.4, -0.2) is 55.5 Å². The Labute approximate surface area is 161 Å². The maximum absolute atomic E-state index is 12.9. The lowest BCUT2D eigenvalue weighted by Gasteiger charge is -2.37. The minimum atomic E-state index is -3.59. The highest BCUT2D eigenvalue weighted by atomic mass is 32.2. The number of nitriles is 1. The zero-order valence-corrected chi connectivity index (χ0v) is 17.1. The molecule has 1 aromatic rings. The van der Waals surface area contributed by atoms with Crippen molar-refractivity contribution in [2.45, 2.75) is 51.0 Å². The van der Waals surface area contributed by atoms with Gasteiger partial charge < -0.3 is 9.64 Å². The summed E-state index contributed by atoms with van der Waals surface area (Å²) in [6, 6.07) is 8.49. The normalized spacial score (nSPS) is 18.6. The predicted molar refractivity (Wildman–Crippen MR) is 102 cm³/mol. The molecule has 0 N–H and O–H groups in total. The van der Waals surface area contributed by atoms with E-state index >= 15 is 0 Å². The summed E-state index contributed by atoms with van der Waals surface area (Å²) >= 11 is 0. The molecule has 2 rings (SSSR count). The molecule has 1 aliphatic rings. The average molecular weight is 394 g/mol. The maximum Gasteiger partial charge on any atom is 0.410 e. The lowest BCUT2D eigenvalue weighted by molar-refractivity contribution is 0.0173. The Hall–Kier alpha value is -2.11. The van der Waals surface area contributed by atoms with Crippen LogP contribution in [0.5, 0.6) is 0 Å². The zero-order valence-electron chi connectivity index (χ0n) is 16.3. The topological polar surface area (TPSA) is 90.7 Å². The number of carbonyl (C=O) groups is 1. The average Bonchev–Trinajstić information content (AvgIpc) is 2.60. The summed E-state index contributed by atoms with van der Waals surface area (Å²) in [7, 11) is -1.95. The van der Waals surface area contributed by atoms with Crippen molar-refractivity contribution in [1.82, 2.24) is 9.21 Å². The molecule has 8 heteroatoms. The second-order valence-corrected chi connectivity index (χ2v) is 9.74. The van der Waals surface area contributed by atoms with E-state index < -0.39 is 21.7 Å². The fourth-order valence-corrected chi connectivity index (χ4v) is 4.65. The van der Waals surface area contributed by atoms with E-state index in [2.05, 4.69) is 0 Å². The van der Waals surface area contributed by atoms with Gasteiger partial charge in [-0.15, -0.1) is 0 Å². The molecule has 0 bridgehead atoms.